The Balaban J connectivity index is 2.48. The number of hydrogen-bond acceptors (Lipinski definition) is 4. The molecular weight excluding hydrogens is 216 g/mol. The quantitative estimate of drug-likeness (QED) is 0.769. The summed E-state index contributed by atoms with van der Waals surface area (Å²) in [6, 6.07) is 4.07. The van der Waals surface area contributed by atoms with Crippen LogP contribution in [0, 0.1) is 0 Å². The molecule has 1 N–H and O–H groups in total. The van der Waals surface area contributed by atoms with Crippen LogP contribution in [0.2, 0.25) is 0 Å². The molecule has 17 heavy (non-hydrogen) atoms. The predicted octanol–water partition coefficient (Wildman–Crippen LogP) is 2.15. The largest absolute Gasteiger partial charge is 0.465 e. The van der Waals surface area contributed by atoms with Crippen molar-refractivity contribution in [2.24, 2.45) is 0 Å². The molecule has 0 amide bonds. The van der Waals surface area contributed by atoms with Crippen molar-refractivity contribution in [3.05, 3.63) is 29.6 Å². The van der Waals surface area contributed by atoms with E-state index in [9.17, 15) is 4.79 Å². The Labute approximate surface area is 102 Å². The van der Waals surface area contributed by atoms with Gasteiger partial charge >= 0.3 is 5.97 Å². The molecule has 0 aliphatic rings. The van der Waals surface area contributed by atoms with Crippen molar-refractivity contribution in [2.45, 2.75) is 39.3 Å². The molecule has 0 saturated heterocycles. The molecule has 0 aliphatic heterocycles. The van der Waals surface area contributed by atoms with Gasteiger partial charge < -0.3 is 10.1 Å². The number of hydrogen-bond donors (Lipinski definition) is 1. The highest BCUT2D eigenvalue weighted by Gasteiger charge is 2.06. The van der Waals surface area contributed by atoms with E-state index in [0.717, 1.165) is 18.7 Å². The van der Waals surface area contributed by atoms with Gasteiger partial charge in [0.25, 0.3) is 0 Å². The highest BCUT2D eigenvalue weighted by atomic mass is 16.5. The second-order valence-corrected chi connectivity index (χ2v) is 4.10. The number of carbonyl (C=O) groups excluding carboxylic acids is 1. The summed E-state index contributed by atoms with van der Waals surface area (Å²) in [5.74, 6) is -0.351. The molecule has 0 aliphatic carbocycles. The summed E-state index contributed by atoms with van der Waals surface area (Å²) in [6.07, 6.45) is 3.87. The average molecular weight is 236 g/mol. The molecule has 0 radical (unpaired) electrons. The minimum atomic E-state index is -0.351. The monoisotopic (exact) mass is 236 g/mol. The first kappa shape index (κ1) is 13.6. The summed E-state index contributed by atoms with van der Waals surface area (Å²) in [5, 5.41) is 3.38. The lowest BCUT2D eigenvalue weighted by atomic mass is 10.2. The molecule has 0 spiro atoms. The zero-order chi connectivity index (χ0) is 12.7. The molecule has 1 heterocycles. The Morgan fingerprint density at radius 2 is 2.29 bits per heavy atom. The number of carbonyl (C=O) groups is 1. The Bertz CT molecular complexity index is 349. The third kappa shape index (κ3) is 4.53. The lowest BCUT2D eigenvalue weighted by Crippen LogP contribution is -2.25. The first-order valence-corrected chi connectivity index (χ1v) is 5.94. The molecule has 1 atom stereocenters. The summed E-state index contributed by atoms with van der Waals surface area (Å²) in [5.41, 5.74) is 1.42. The van der Waals surface area contributed by atoms with Crippen molar-refractivity contribution in [3.63, 3.8) is 0 Å². The number of nitrogens with one attached hydrogen (secondary N) is 1. The summed E-state index contributed by atoms with van der Waals surface area (Å²) in [4.78, 5) is 15.4. The van der Waals surface area contributed by atoms with Crippen LogP contribution < -0.4 is 5.32 Å². The van der Waals surface area contributed by atoms with E-state index in [1.165, 1.54) is 13.5 Å². The third-order valence-corrected chi connectivity index (χ3v) is 2.60. The fourth-order valence-corrected chi connectivity index (χ4v) is 1.58. The fourth-order valence-electron chi connectivity index (χ4n) is 1.58. The van der Waals surface area contributed by atoms with E-state index < -0.39 is 0 Å². The van der Waals surface area contributed by atoms with Crippen molar-refractivity contribution < 1.29 is 9.53 Å². The van der Waals surface area contributed by atoms with Crippen LogP contribution in [-0.4, -0.2) is 24.1 Å². The second kappa shape index (κ2) is 7.01. The van der Waals surface area contributed by atoms with Crippen molar-refractivity contribution in [1.82, 2.24) is 10.3 Å². The Morgan fingerprint density at radius 1 is 1.53 bits per heavy atom. The molecule has 94 valence electrons. The molecule has 1 unspecified atom stereocenters. The fraction of sp³-hybridized carbons (Fsp3) is 0.538. The number of pyridine rings is 1. The van der Waals surface area contributed by atoms with Crippen LogP contribution in [0.25, 0.3) is 0 Å². The lowest BCUT2D eigenvalue weighted by molar-refractivity contribution is 0.0600. The summed E-state index contributed by atoms with van der Waals surface area (Å²) >= 11 is 0. The lowest BCUT2D eigenvalue weighted by Gasteiger charge is -2.12. The van der Waals surface area contributed by atoms with Crippen molar-refractivity contribution in [3.8, 4) is 0 Å². The number of rotatable bonds is 6. The van der Waals surface area contributed by atoms with Crippen LogP contribution in [0.4, 0.5) is 0 Å². The second-order valence-electron chi connectivity index (χ2n) is 4.10. The molecule has 1 rings (SSSR count). The van der Waals surface area contributed by atoms with E-state index in [4.69, 9.17) is 0 Å². The van der Waals surface area contributed by atoms with Crippen LogP contribution in [0.1, 0.15) is 42.7 Å². The van der Waals surface area contributed by atoms with E-state index >= 15 is 0 Å². The minimum Gasteiger partial charge on any atom is -0.465 e. The number of ether oxygens (including phenoxy) is 1. The van der Waals surface area contributed by atoms with Gasteiger partial charge in [0.2, 0.25) is 0 Å². The molecule has 0 fully saturated rings. The maximum atomic E-state index is 11.2. The average Bonchev–Trinajstić information content (AvgIpc) is 2.36. The van der Waals surface area contributed by atoms with Gasteiger partial charge in [0.1, 0.15) is 0 Å². The van der Waals surface area contributed by atoms with Gasteiger partial charge in [0, 0.05) is 18.8 Å². The zero-order valence-electron chi connectivity index (χ0n) is 10.7. The number of esters is 1. The highest BCUT2D eigenvalue weighted by Crippen LogP contribution is 2.03. The maximum absolute atomic E-state index is 11.2. The van der Waals surface area contributed by atoms with E-state index in [1.54, 1.807) is 12.3 Å². The SMILES string of the molecule is CCCC(C)NCc1ccc(C(=O)OC)cn1. The molecule has 0 bridgehead atoms. The molecule has 1 aromatic rings. The standard InChI is InChI=1S/C13H20N2O2/c1-4-5-10(2)14-9-12-7-6-11(8-15-12)13(16)17-3/h6-8,10,14H,4-5,9H2,1-3H3. The molecule has 1 aromatic heterocycles. The first-order chi connectivity index (χ1) is 8.17. The Kier molecular flexibility index (Phi) is 5.63. The summed E-state index contributed by atoms with van der Waals surface area (Å²) < 4.78 is 4.61. The molecule has 0 aromatic carbocycles. The smallest absolute Gasteiger partial charge is 0.339 e. The van der Waals surface area contributed by atoms with Crippen molar-refractivity contribution >= 4 is 5.97 Å². The Morgan fingerprint density at radius 3 is 2.82 bits per heavy atom. The number of methoxy groups -OCH3 is 1. The van der Waals surface area contributed by atoms with E-state index in [1.807, 2.05) is 6.07 Å². The van der Waals surface area contributed by atoms with Crippen molar-refractivity contribution in [2.75, 3.05) is 7.11 Å². The molecular formula is C13H20N2O2. The van der Waals surface area contributed by atoms with Gasteiger partial charge in [-0.05, 0) is 25.5 Å². The number of nitrogens with zero attached hydrogens (tertiary/aromatic N) is 1. The Hall–Kier alpha value is -1.42. The van der Waals surface area contributed by atoms with Crippen LogP contribution in [-0.2, 0) is 11.3 Å². The van der Waals surface area contributed by atoms with E-state index in [-0.39, 0.29) is 5.97 Å². The zero-order valence-corrected chi connectivity index (χ0v) is 10.7. The van der Waals surface area contributed by atoms with Gasteiger partial charge in [0.05, 0.1) is 18.4 Å². The molecule has 4 heteroatoms. The van der Waals surface area contributed by atoms with Gasteiger partial charge in [-0.1, -0.05) is 13.3 Å². The van der Waals surface area contributed by atoms with Crippen molar-refractivity contribution in [1.29, 1.82) is 0 Å². The van der Waals surface area contributed by atoms with Crippen LogP contribution in [0.15, 0.2) is 18.3 Å². The van der Waals surface area contributed by atoms with Crippen LogP contribution in [0.5, 0.6) is 0 Å². The maximum Gasteiger partial charge on any atom is 0.339 e. The van der Waals surface area contributed by atoms with Crippen LogP contribution in [0.3, 0.4) is 0 Å². The molecule has 0 saturated carbocycles. The topological polar surface area (TPSA) is 51.2 Å². The molecule has 4 nitrogen and oxygen atoms in total. The highest BCUT2D eigenvalue weighted by molar-refractivity contribution is 5.88. The van der Waals surface area contributed by atoms with Gasteiger partial charge in [0.15, 0.2) is 0 Å². The normalized spacial score (nSPS) is 12.2. The van der Waals surface area contributed by atoms with Gasteiger partial charge in [-0.15, -0.1) is 0 Å². The third-order valence-electron chi connectivity index (χ3n) is 2.60. The predicted molar refractivity (Wildman–Crippen MR) is 66.8 cm³/mol. The van der Waals surface area contributed by atoms with Gasteiger partial charge in [-0.3, -0.25) is 4.98 Å². The first-order valence-electron chi connectivity index (χ1n) is 5.94. The summed E-state index contributed by atoms with van der Waals surface area (Å²) in [6.45, 7) is 5.05. The van der Waals surface area contributed by atoms with E-state index in [0.29, 0.717) is 11.6 Å². The van der Waals surface area contributed by atoms with Gasteiger partial charge in [-0.2, -0.15) is 0 Å². The van der Waals surface area contributed by atoms with Crippen LogP contribution >= 0.6 is 0 Å². The summed E-state index contributed by atoms with van der Waals surface area (Å²) in [7, 11) is 1.37. The number of aromatic nitrogens is 1. The van der Waals surface area contributed by atoms with E-state index in [2.05, 4.69) is 28.9 Å². The van der Waals surface area contributed by atoms with Gasteiger partial charge in [-0.25, -0.2) is 4.79 Å². The minimum absolute atomic E-state index is 0.351.